The Bertz CT molecular complexity index is 581. The van der Waals surface area contributed by atoms with E-state index in [0.717, 1.165) is 23.1 Å². The van der Waals surface area contributed by atoms with E-state index in [1.807, 2.05) is 30.5 Å². The van der Waals surface area contributed by atoms with Crippen LogP contribution in [0.3, 0.4) is 0 Å². The second kappa shape index (κ2) is 5.41. The topological polar surface area (TPSA) is 48.1 Å². The van der Waals surface area contributed by atoms with Gasteiger partial charge in [0, 0.05) is 17.6 Å². The van der Waals surface area contributed by atoms with Gasteiger partial charge in [-0.25, -0.2) is 0 Å². The maximum absolute atomic E-state index is 6.31. The normalized spacial score (nSPS) is 30.4. The molecule has 3 nitrogen and oxygen atoms in total. The third-order valence-corrected chi connectivity index (χ3v) is 4.30. The van der Waals surface area contributed by atoms with Gasteiger partial charge in [-0.05, 0) is 48.9 Å². The Morgan fingerprint density at radius 1 is 1.15 bits per heavy atom. The number of rotatable bonds is 2. The second-order valence-corrected chi connectivity index (χ2v) is 6.13. The summed E-state index contributed by atoms with van der Waals surface area (Å²) in [7, 11) is 0. The van der Waals surface area contributed by atoms with Crippen LogP contribution in [0.4, 0.5) is 0 Å². The van der Waals surface area contributed by atoms with Crippen molar-refractivity contribution in [3.63, 3.8) is 0 Å². The lowest BCUT2D eigenvalue weighted by Crippen LogP contribution is -2.48. The van der Waals surface area contributed by atoms with Gasteiger partial charge in [0.05, 0.1) is 5.52 Å². The van der Waals surface area contributed by atoms with Gasteiger partial charge in [-0.3, -0.25) is 4.98 Å². The fourth-order valence-electron chi connectivity index (χ4n) is 3.41. The van der Waals surface area contributed by atoms with Crippen molar-refractivity contribution in [1.82, 2.24) is 4.98 Å². The van der Waals surface area contributed by atoms with Crippen LogP contribution in [0, 0.1) is 11.8 Å². The van der Waals surface area contributed by atoms with Gasteiger partial charge in [0.2, 0.25) is 0 Å². The highest BCUT2D eigenvalue weighted by atomic mass is 16.5. The Kier molecular flexibility index (Phi) is 3.62. The van der Waals surface area contributed by atoms with Gasteiger partial charge in [0.15, 0.2) is 0 Å². The predicted molar refractivity (Wildman–Crippen MR) is 81.7 cm³/mol. The smallest absolute Gasteiger partial charge is 0.129 e. The summed E-state index contributed by atoms with van der Waals surface area (Å²) >= 11 is 0. The molecule has 1 fully saturated rings. The number of fused-ring (bicyclic) bond motifs is 1. The van der Waals surface area contributed by atoms with Crippen LogP contribution in [0.5, 0.6) is 5.75 Å². The molecule has 1 aliphatic rings. The lowest BCUT2D eigenvalue weighted by Gasteiger charge is -2.37. The SMILES string of the molecule is CC1CC(C)C(Oc2cccc3ncccc23)C(N)C1. The minimum absolute atomic E-state index is 0.0945. The molecule has 0 amide bonds. The molecule has 2 aromatic rings. The quantitative estimate of drug-likeness (QED) is 0.910. The number of pyridine rings is 1. The highest BCUT2D eigenvalue weighted by Crippen LogP contribution is 2.33. The minimum atomic E-state index is 0.0945. The first-order valence-corrected chi connectivity index (χ1v) is 7.41. The average Bonchev–Trinajstić information content (AvgIpc) is 2.43. The Morgan fingerprint density at radius 3 is 2.80 bits per heavy atom. The third kappa shape index (κ3) is 2.50. The van der Waals surface area contributed by atoms with Gasteiger partial charge >= 0.3 is 0 Å². The highest BCUT2D eigenvalue weighted by molar-refractivity contribution is 5.84. The molecule has 3 rings (SSSR count). The summed E-state index contributed by atoms with van der Waals surface area (Å²) in [4.78, 5) is 4.37. The maximum atomic E-state index is 6.31. The van der Waals surface area contributed by atoms with Crippen LogP contribution in [0.2, 0.25) is 0 Å². The summed E-state index contributed by atoms with van der Waals surface area (Å²) in [5, 5.41) is 1.06. The molecular formula is C17H22N2O. The summed E-state index contributed by atoms with van der Waals surface area (Å²) in [6.07, 6.45) is 4.12. The fraction of sp³-hybridized carbons (Fsp3) is 0.471. The molecule has 1 aliphatic carbocycles. The third-order valence-electron chi connectivity index (χ3n) is 4.30. The molecule has 0 radical (unpaired) electrons. The Labute approximate surface area is 120 Å². The lowest BCUT2D eigenvalue weighted by atomic mass is 9.78. The van der Waals surface area contributed by atoms with E-state index < -0.39 is 0 Å². The van der Waals surface area contributed by atoms with Crippen molar-refractivity contribution in [2.45, 2.75) is 38.8 Å². The molecular weight excluding hydrogens is 248 g/mol. The van der Waals surface area contributed by atoms with Gasteiger partial charge in [0.1, 0.15) is 11.9 Å². The first kappa shape index (κ1) is 13.4. The van der Waals surface area contributed by atoms with E-state index in [1.165, 1.54) is 6.42 Å². The molecule has 0 saturated heterocycles. The molecule has 1 aromatic carbocycles. The number of nitrogens with two attached hydrogens (primary N) is 1. The number of nitrogens with zero attached hydrogens (tertiary/aromatic N) is 1. The minimum Gasteiger partial charge on any atom is -0.488 e. The first-order chi connectivity index (χ1) is 9.65. The number of aromatic nitrogens is 1. The molecule has 4 unspecified atom stereocenters. The van der Waals surface area contributed by atoms with E-state index in [9.17, 15) is 0 Å². The Morgan fingerprint density at radius 2 is 2.00 bits per heavy atom. The van der Waals surface area contributed by atoms with Crippen molar-refractivity contribution >= 4 is 10.9 Å². The summed E-state index contributed by atoms with van der Waals surface area (Å²) in [5.74, 6) is 2.08. The van der Waals surface area contributed by atoms with Crippen LogP contribution in [-0.4, -0.2) is 17.1 Å². The van der Waals surface area contributed by atoms with Crippen LogP contribution in [-0.2, 0) is 0 Å². The summed E-state index contributed by atoms with van der Waals surface area (Å²) < 4.78 is 6.28. The van der Waals surface area contributed by atoms with Crippen LogP contribution < -0.4 is 10.5 Å². The molecule has 0 bridgehead atoms. The zero-order valence-corrected chi connectivity index (χ0v) is 12.1. The van der Waals surface area contributed by atoms with Crippen molar-refractivity contribution in [1.29, 1.82) is 0 Å². The van der Waals surface area contributed by atoms with Crippen molar-refractivity contribution in [3.05, 3.63) is 36.5 Å². The summed E-state index contributed by atoms with van der Waals surface area (Å²) in [6.45, 7) is 4.51. The lowest BCUT2D eigenvalue weighted by molar-refractivity contribution is 0.0639. The largest absolute Gasteiger partial charge is 0.488 e. The first-order valence-electron chi connectivity index (χ1n) is 7.41. The zero-order chi connectivity index (χ0) is 14.1. The van der Waals surface area contributed by atoms with Crippen LogP contribution >= 0.6 is 0 Å². The van der Waals surface area contributed by atoms with Crippen molar-refractivity contribution < 1.29 is 4.74 Å². The Balaban J connectivity index is 1.89. The van der Waals surface area contributed by atoms with Gasteiger partial charge in [-0.1, -0.05) is 19.9 Å². The molecule has 1 aromatic heterocycles. The standard InChI is InChI=1S/C17H22N2O/c1-11-9-12(2)17(14(18)10-11)20-16-7-3-6-15-13(16)5-4-8-19-15/h3-8,11-12,14,17H,9-10,18H2,1-2H3. The van der Waals surface area contributed by atoms with Gasteiger partial charge < -0.3 is 10.5 Å². The molecule has 2 N–H and O–H groups in total. The zero-order valence-electron chi connectivity index (χ0n) is 12.1. The van der Waals surface area contributed by atoms with E-state index in [2.05, 4.69) is 24.9 Å². The summed E-state index contributed by atoms with van der Waals surface area (Å²) in [6, 6.07) is 10.1. The van der Waals surface area contributed by atoms with Crippen molar-refractivity contribution in [2.75, 3.05) is 0 Å². The summed E-state index contributed by atoms with van der Waals surface area (Å²) in [5.41, 5.74) is 7.28. The number of hydrogen-bond acceptors (Lipinski definition) is 3. The number of ether oxygens (including phenoxy) is 1. The van der Waals surface area contributed by atoms with Crippen molar-refractivity contribution in [3.8, 4) is 5.75 Å². The molecule has 1 saturated carbocycles. The molecule has 0 spiro atoms. The Hall–Kier alpha value is -1.61. The van der Waals surface area contributed by atoms with Crippen molar-refractivity contribution in [2.24, 2.45) is 17.6 Å². The van der Waals surface area contributed by atoms with E-state index in [4.69, 9.17) is 10.5 Å². The highest BCUT2D eigenvalue weighted by Gasteiger charge is 2.33. The molecule has 0 aliphatic heterocycles. The van der Waals surface area contributed by atoms with E-state index >= 15 is 0 Å². The fourth-order valence-corrected chi connectivity index (χ4v) is 3.41. The van der Waals surface area contributed by atoms with Gasteiger partial charge in [0.25, 0.3) is 0 Å². The van der Waals surface area contributed by atoms with Crippen LogP contribution in [0.15, 0.2) is 36.5 Å². The van der Waals surface area contributed by atoms with E-state index in [0.29, 0.717) is 11.8 Å². The van der Waals surface area contributed by atoms with E-state index in [-0.39, 0.29) is 12.1 Å². The molecule has 3 heteroatoms. The van der Waals surface area contributed by atoms with Gasteiger partial charge in [-0.2, -0.15) is 0 Å². The maximum Gasteiger partial charge on any atom is 0.129 e. The molecule has 20 heavy (non-hydrogen) atoms. The second-order valence-electron chi connectivity index (χ2n) is 6.13. The van der Waals surface area contributed by atoms with Crippen LogP contribution in [0.25, 0.3) is 10.9 Å². The molecule has 1 heterocycles. The number of hydrogen-bond donors (Lipinski definition) is 1. The van der Waals surface area contributed by atoms with Crippen LogP contribution in [0.1, 0.15) is 26.7 Å². The average molecular weight is 270 g/mol. The monoisotopic (exact) mass is 270 g/mol. The predicted octanol–water partition coefficient (Wildman–Crippen LogP) is 3.38. The van der Waals surface area contributed by atoms with Gasteiger partial charge in [-0.15, -0.1) is 0 Å². The molecule has 106 valence electrons. The molecule has 4 atom stereocenters. The number of benzene rings is 1. The van der Waals surface area contributed by atoms with E-state index in [1.54, 1.807) is 0 Å².